The van der Waals surface area contributed by atoms with E-state index in [1.54, 1.807) is 36.7 Å². The Kier molecular flexibility index (Phi) is 4.93. The molecule has 0 N–H and O–H groups in total. The third kappa shape index (κ3) is 3.78. The Labute approximate surface area is 186 Å². The summed E-state index contributed by atoms with van der Waals surface area (Å²) in [6.45, 7) is 0. The van der Waals surface area contributed by atoms with Gasteiger partial charge in [0.25, 0.3) is 0 Å². The zero-order valence-corrected chi connectivity index (χ0v) is 17.4. The Morgan fingerprint density at radius 2 is 1.26 bits per heavy atom. The van der Waals surface area contributed by atoms with Crippen LogP contribution in [0.2, 0.25) is 10.0 Å². The largest absolute Gasteiger partial charge is 0.282 e. The quantitative estimate of drug-likeness (QED) is 0.287. The number of halogens is 4. The van der Waals surface area contributed by atoms with Crippen molar-refractivity contribution in [3.63, 3.8) is 0 Å². The Morgan fingerprint density at radius 3 is 1.87 bits per heavy atom. The van der Waals surface area contributed by atoms with Crippen LogP contribution in [0.3, 0.4) is 0 Å². The fraction of sp³-hybridized carbons (Fsp3) is 0. The molecule has 7 heteroatoms. The summed E-state index contributed by atoms with van der Waals surface area (Å²) in [5, 5.41) is 1.23. The van der Waals surface area contributed by atoms with Crippen LogP contribution in [0, 0.1) is 11.6 Å². The van der Waals surface area contributed by atoms with E-state index in [4.69, 9.17) is 28.2 Å². The van der Waals surface area contributed by atoms with Crippen molar-refractivity contribution in [2.45, 2.75) is 0 Å². The molecule has 0 spiro atoms. The highest BCUT2D eigenvalue weighted by Gasteiger charge is 2.18. The van der Waals surface area contributed by atoms with Crippen molar-refractivity contribution < 1.29 is 8.78 Å². The van der Waals surface area contributed by atoms with Crippen molar-refractivity contribution in [1.82, 2.24) is 14.4 Å². The third-order valence-electron chi connectivity index (χ3n) is 4.91. The lowest BCUT2D eigenvalue weighted by molar-refractivity contribution is 0.584. The van der Waals surface area contributed by atoms with Crippen LogP contribution in [0.25, 0.3) is 39.4 Å². The van der Waals surface area contributed by atoms with Gasteiger partial charge in [-0.15, -0.1) is 0 Å². The molecular formula is C24H13Cl2F2N3. The Morgan fingerprint density at radius 1 is 0.677 bits per heavy atom. The average Bonchev–Trinajstić information content (AvgIpc) is 3.13. The molecule has 3 nitrogen and oxygen atoms in total. The molecule has 5 rings (SSSR count). The van der Waals surface area contributed by atoms with E-state index >= 15 is 0 Å². The highest BCUT2D eigenvalue weighted by molar-refractivity contribution is 6.31. The molecule has 2 aromatic heterocycles. The van der Waals surface area contributed by atoms with Gasteiger partial charge < -0.3 is 0 Å². The van der Waals surface area contributed by atoms with Crippen LogP contribution in [0.15, 0.2) is 79.1 Å². The molecule has 2 heterocycles. The van der Waals surface area contributed by atoms with E-state index in [0.717, 1.165) is 22.9 Å². The third-order valence-corrected chi connectivity index (χ3v) is 5.41. The second-order valence-corrected chi connectivity index (χ2v) is 7.87. The molecule has 5 aromatic rings. The molecule has 0 unspecified atom stereocenters. The Balaban J connectivity index is 1.78. The van der Waals surface area contributed by atoms with E-state index in [-0.39, 0.29) is 0 Å². The number of imidazole rings is 1. The number of hydrogen-bond donors (Lipinski definition) is 0. The van der Waals surface area contributed by atoms with Gasteiger partial charge in [-0.1, -0.05) is 47.5 Å². The van der Waals surface area contributed by atoms with E-state index in [1.807, 2.05) is 28.7 Å². The topological polar surface area (TPSA) is 30.2 Å². The van der Waals surface area contributed by atoms with Crippen LogP contribution in [0.5, 0.6) is 0 Å². The molecule has 0 bridgehead atoms. The van der Waals surface area contributed by atoms with Gasteiger partial charge in [-0.25, -0.2) is 18.7 Å². The lowest BCUT2D eigenvalue weighted by atomic mass is 10.0. The molecule has 0 aliphatic heterocycles. The molecule has 152 valence electrons. The lowest BCUT2D eigenvalue weighted by Gasteiger charge is -2.08. The van der Waals surface area contributed by atoms with Gasteiger partial charge >= 0.3 is 0 Å². The predicted molar refractivity (Wildman–Crippen MR) is 119 cm³/mol. The van der Waals surface area contributed by atoms with Gasteiger partial charge in [0.05, 0.1) is 11.4 Å². The maximum atomic E-state index is 13.8. The number of aromatic nitrogens is 3. The molecule has 0 aliphatic carbocycles. The second-order valence-electron chi connectivity index (χ2n) is 6.99. The number of rotatable bonds is 3. The van der Waals surface area contributed by atoms with Crippen LogP contribution in [0.4, 0.5) is 8.78 Å². The number of fused-ring (bicyclic) bond motifs is 1. The second kappa shape index (κ2) is 7.76. The maximum absolute atomic E-state index is 13.8. The van der Waals surface area contributed by atoms with Gasteiger partial charge in [0.1, 0.15) is 11.6 Å². The number of benzene rings is 3. The minimum Gasteiger partial charge on any atom is -0.282 e. The van der Waals surface area contributed by atoms with Crippen LogP contribution >= 0.6 is 23.2 Å². The lowest BCUT2D eigenvalue weighted by Crippen LogP contribution is -1.94. The number of nitrogens with zero attached hydrogens (tertiary/aromatic N) is 3. The minimum atomic E-state index is -0.652. The first-order valence-electron chi connectivity index (χ1n) is 9.34. The van der Waals surface area contributed by atoms with Crippen LogP contribution in [0.1, 0.15) is 0 Å². The molecule has 3 aromatic carbocycles. The smallest absolute Gasteiger partial charge is 0.234 e. The summed E-state index contributed by atoms with van der Waals surface area (Å²) in [6, 6.07) is 18.1. The highest BCUT2D eigenvalue weighted by atomic mass is 35.5. The maximum Gasteiger partial charge on any atom is 0.234 e. The van der Waals surface area contributed by atoms with E-state index in [9.17, 15) is 8.78 Å². The van der Waals surface area contributed by atoms with E-state index in [1.165, 1.54) is 12.1 Å². The van der Waals surface area contributed by atoms with Gasteiger partial charge in [-0.05, 0) is 42.0 Å². The summed E-state index contributed by atoms with van der Waals surface area (Å²) in [5.41, 5.74) is 4.15. The number of hydrogen-bond acceptors (Lipinski definition) is 2. The van der Waals surface area contributed by atoms with Crippen LogP contribution in [-0.2, 0) is 0 Å². The summed E-state index contributed by atoms with van der Waals surface area (Å²) in [5.74, 6) is -0.850. The molecule has 0 saturated carbocycles. The van der Waals surface area contributed by atoms with Crippen molar-refractivity contribution in [3.8, 4) is 33.6 Å². The molecule has 0 atom stereocenters. The standard InChI is InChI=1S/C24H13Cl2F2N3/c25-18-5-1-14(2-6-18)22-23(15-3-7-19(26)8-4-15)31-13-17(12-29-24(31)30-22)16-9-20(27)11-21(28)10-16/h1-13H. The molecule has 0 saturated heterocycles. The van der Waals surface area contributed by atoms with Crippen molar-refractivity contribution in [2.24, 2.45) is 0 Å². The van der Waals surface area contributed by atoms with Crippen molar-refractivity contribution >= 4 is 29.0 Å². The summed E-state index contributed by atoms with van der Waals surface area (Å²) < 4.78 is 29.3. The molecule has 0 amide bonds. The normalized spacial score (nSPS) is 11.2. The van der Waals surface area contributed by atoms with Crippen molar-refractivity contribution in [2.75, 3.05) is 0 Å². The molecule has 31 heavy (non-hydrogen) atoms. The van der Waals surface area contributed by atoms with E-state index < -0.39 is 11.6 Å². The summed E-state index contributed by atoms with van der Waals surface area (Å²) >= 11 is 12.1. The fourth-order valence-electron chi connectivity index (χ4n) is 3.50. The average molecular weight is 452 g/mol. The molecule has 0 radical (unpaired) electrons. The van der Waals surface area contributed by atoms with Crippen molar-refractivity contribution in [3.05, 3.63) is 101 Å². The minimum absolute atomic E-state index is 0.385. The molecular weight excluding hydrogens is 439 g/mol. The zero-order valence-electron chi connectivity index (χ0n) is 15.9. The first-order valence-corrected chi connectivity index (χ1v) is 10.1. The fourth-order valence-corrected chi connectivity index (χ4v) is 3.75. The Bertz CT molecular complexity index is 1390. The van der Waals surface area contributed by atoms with E-state index in [2.05, 4.69) is 4.98 Å². The first kappa shape index (κ1) is 19.7. The Hall–Kier alpha value is -3.28. The SMILES string of the molecule is Fc1cc(F)cc(-c2cnc3nc(-c4ccc(Cl)cc4)c(-c4ccc(Cl)cc4)n3c2)c1. The van der Waals surface area contributed by atoms with Gasteiger partial charge in [0.15, 0.2) is 0 Å². The summed E-state index contributed by atoms with van der Waals surface area (Å²) in [7, 11) is 0. The van der Waals surface area contributed by atoms with Crippen LogP contribution in [-0.4, -0.2) is 14.4 Å². The van der Waals surface area contributed by atoms with Gasteiger partial charge in [-0.3, -0.25) is 4.40 Å². The van der Waals surface area contributed by atoms with Gasteiger partial charge in [0, 0.05) is 45.2 Å². The van der Waals surface area contributed by atoms with Gasteiger partial charge in [0.2, 0.25) is 5.78 Å². The summed E-state index contributed by atoms with van der Waals surface area (Å²) in [6.07, 6.45) is 3.32. The molecule has 0 aliphatic rings. The molecule has 0 fully saturated rings. The predicted octanol–water partition coefficient (Wildman–Crippen LogP) is 7.32. The van der Waals surface area contributed by atoms with Gasteiger partial charge in [-0.2, -0.15) is 0 Å². The van der Waals surface area contributed by atoms with E-state index in [0.29, 0.717) is 32.6 Å². The monoisotopic (exact) mass is 451 g/mol. The van der Waals surface area contributed by atoms with Crippen LogP contribution < -0.4 is 0 Å². The zero-order chi connectivity index (χ0) is 21.5. The van der Waals surface area contributed by atoms with Crippen molar-refractivity contribution in [1.29, 1.82) is 0 Å². The highest BCUT2D eigenvalue weighted by Crippen LogP contribution is 2.34. The summed E-state index contributed by atoms with van der Waals surface area (Å²) in [4.78, 5) is 9.15. The first-order chi connectivity index (χ1) is 15.0.